The third-order valence-corrected chi connectivity index (χ3v) is 6.47. The van der Waals surface area contributed by atoms with Gasteiger partial charge >= 0.3 is 5.97 Å². The van der Waals surface area contributed by atoms with E-state index >= 15 is 0 Å². The Morgan fingerprint density at radius 2 is 1.65 bits per heavy atom. The van der Waals surface area contributed by atoms with Crippen LogP contribution in [0.25, 0.3) is 0 Å². The fraction of sp³-hybridized carbons (Fsp3) is 0.440. The van der Waals surface area contributed by atoms with Crippen LogP contribution in [0.5, 0.6) is 0 Å². The van der Waals surface area contributed by atoms with Gasteiger partial charge in [-0.15, -0.1) is 0 Å². The van der Waals surface area contributed by atoms with Crippen LogP contribution in [-0.2, 0) is 24.7 Å². The number of unbranched alkanes of at least 4 members (excludes halogenated alkanes) is 1. The molecule has 1 amide bonds. The van der Waals surface area contributed by atoms with Gasteiger partial charge in [0.15, 0.2) is 0 Å². The molecule has 0 aromatic heterocycles. The van der Waals surface area contributed by atoms with Gasteiger partial charge in [0.1, 0.15) is 5.60 Å². The van der Waals surface area contributed by atoms with Crippen molar-refractivity contribution in [2.45, 2.75) is 44.5 Å². The smallest absolute Gasteiger partial charge is 0.327 e. The highest BCUT2D eigenvalue weighted by atomic mass is 16.7. The van der Waals surface area contributed by atoms with E-state index in [4.69, 9.17) is 9.47 Å². The van der Waals surface area contributed by atoms with Gasteiger partial charge in [-0.1, -0.05) is 74.0 Å². The molecule has 2 aromatic carbocycles. The van der Waals surface area contributed by atoms with Crippen molar-refractivity contribution in [3.63, 3.8) is 0 Å². The maximum Gasteiger partial charge on any atom is 0.327 e. The van der Waals surface area contributed by atoms with Crippen LogP contribution in [0.15, 0.2) is 60.7 Å². The van der Waals surface area contributed by atoms with Gasteiger partial charge in [0.2, 0.25) is 17.1 Å². The first-order chi connectivity index (χ1) is 14.9. The normalized spacial score (nSPS) is 26.7. The quantitative estimate of drug-likeness (QED) is 0.547. The fourth-order valence-corrected chi connectivity index (χ4v) is 4.94. The number of carbonyl (C=O) groups excluding carboxylic acids is 2. The van der Waals surface area contributed by atoms with Crippen molar-refractivity contribution in [1.82, 2.24) is 4.90 Å². The first-order valence-corrected chi connectivity index (χ1v) is 10.9. The zero-order chi connectivity index (χ0) is 22.1. The highest BCUT2D eigenvalue weighted by Gasteiger charge is 2.78. The lowest BCUT2D eigenvalue weighted by Crippen LogP contribution is -2.52. The Bertz CT molecular complexity index is 907. The van der Waals surface area contributed by atoms with Crippen molar-refractivity contribution >= 4 is 11.9 Å². The number of aliphatic hydroxyl groups is 1. The standard InChI is InChI=1S/C25H29NO5/c1-3-5-16-26-18-25(29)23(21(26)27,22(28)30-4-2)17-24(31-25,19-12-8-6-9-13-19)20-14-10-7-11-15-20/h6-15,29H,3-5,16-18H2,1-2H3/t23-,25+/m0/s1. The number of rotatable bonds is 7. The van der Waals surface area contributed by atoms with E-state index in [-0.39, 0.29) is 19.6 Å². The third kappa shape index (κ3) is 3.17. The second kappa shape index (κ2) is 8.09. The SMILES string of the molecule is CCCCN1C[C@@]2(O)OC(c3ccccc3)(c3ccccc3)C[C@@]2(C(=O)OCC)C1=O. The van der Waals surface area contributed by atoms with Crippen LogP contribution in [0.4, 0.5) is 0 Å². The topological polar surface area (TPSA) is 76.1 Å². The van der Waals surface area contributed by atoms with Crippen molar-refractivity contribution in [3.05, 3.63) is 71.8 Å². The fourth-order valence-electron chi connectivity index (χ4n) is 4.94. The van der Waals surface area contributed by atoms with Gasteiger partial charge in [0.05, 0.1) is 13.2 Å². The highest BCUT2D eigenvalue weighted by molar-refractivity contribution is 6.06. The van der Waals surface area contributed by atoms with Crippen molar-refractivity contribution < 1.29 is 24.2 Å². The minimum atomic E-state index is -1.99. The third-order valence-electron chi connectivity index (χ3n) is 6.47. The average molecular weight is 424 g/mol. The number of carbonyl (C=O) groups is 2. The Hall–Kier alpha value is -2.70. The summed E-state index contributed by atoms with van der Waals surface area (Å²) in [5, 5.41) is 11.8. The molecule has 164 valence electrons. The van der Waals surface area contributed by atoms with Crippen LogP contribution in [-0.4, -0.2) is 47.4 Å². The molecule has 0 unspecified atom stereocenters. The number of likely N-dealkylation sites (tertiary alicyclic amines) is 1. The van der Waals surface area contributed by atoms with Gasteiger partial charge < -0.3 is 19.5 Å². The molecule has 6 nitrogen and oxygen atoms in total. The summed E-state index contributed by atoms with van der Waals surface area (Å²) >= 11 is 0. The zero-order valence-electron chi connectivity index (χ0n) is 18.0. The average Bonchev–Trinajstić information content (AvgIpc) is 3.19. The molecule has 4 rings (SSSR count). The van der Waals surface area contributed by atoms with Gasteiger partial charge in [-0.2, -0.15) is 0 Å². The van der Waals surface area contributed by atoms with E-state index in [1.54, 1.807) is 11.8 Å². The number of fused-ring (bicyclic) bond motifs is 1. The van der Waals surface area contributed by atoms with Gasteiger partial charge in [0, 0.05) is 13.0 Å². The van der Waals surface area contributed by atoms with Gasteiger partial charge in [-0.25, -0.2) is 0 Å². The summed E-state index contributed by atoms with van der Waals surface area (Å²) < 4.78 is 11.8. The summed E-state index contributed by atoms with van der Waals surface area (Å²) in [5.41, 5.74) is -1.42. The number of esters is 1. The largest absolute Gasteiger partial charge is 0.465 e. The Labute approximate surface area is 182 Å². The molecular weight excluding hydrogens is 394 g/mol. The van der Waals surface area contributed by atoms with Crippen LogP contribution < -0.4 is 0 Å². The molecule has 2 aliphatic rings. The van der Waals surface area contributed by atoms with Crippen molar-refractivity contribution in [1.29, 1.82) is 0 Å². The Balaban J connectivity index is 1.88. The maximum absolute atomic E-state index is 13.7. The zero-order valence-corrected chi connectivity index (χ0v) is 18.0. The predicted octanol–water partition coefficient (Wildman–Crippen LogP) is 3.23. The van der Waals surface area contributed by atoms with Gasteiger partial charge in [0.25, 0.3) is 0 Å². The number of ether oxygens (including phenoxy) is 2. The number of β-amino-alcohol motifs (C(OH)–C–C–N with tert-alkyl or cyclic N) is 1. The summed E-state index contributed by atoms with van der Waals surface area (Å²) in [6.45, 7) is 4.24. The molecule has 1 N–H and O–H groups in total. The molecule has 2 aromatic rings. The Morgan fingerprint density at radius 3 is 2.16 bits per heavy atom. The van der Waals surface area contributed by atoms with E-state index in [2.05, 4.69) is 0 Å². The van der Waals surface area contributed by atoms with Crippen LogP contribution in [0.3, 0.4) is 0 Å². The molecule has 0 spiro atoms. The number of amides is 1. The molecule has 2 fully saturated rings. The summed E-state index contributed by atoms with van der Waals surface area (Å²) in [6, 6.07) is 18.9. The summed E-state index contributed by atoms with van der Waals surface area (Å²) in [7, 11) is 0. The number of nitrogens with zero attached hydrogens (tertiary/aromatic N) is 1. The number of benzene rings is 2. The van der Waals surface area contributed by atoms with Crippen molar-refractivity contribution in [2.75, 3.05) is 19.7 Å². The molecule has 2 atom stereocenters. The van der Waals surface area contributed by atoms with Crippen molar-refractivity contribution in [3.8, 4) is 0 Å². The van der Waals surface area contributed by atoms with E-state index in [1.165, 1.54) is 0 Å². The first-order valence-electron chi connectivity index (χ1n) is 10.9. The molecule has 2 aliphatic heterocycles. The second-order valence-corrected chi connectivity index (χ2v) is 8.33. The summed E-state index contributed by atoms with van der Waals surface area (Å²) in [4.78, 5) is 28.5. The van der Waals surface area contributed by atoms with E-state index < -0.39 is 28.7 Å². The monoisotopic (exact) mass is 423 g/mol. The molecule has 0 aliphatic carbocycles. The summed E-state index contributed by atoms with van der Waals surface area (Å²) in [5.74, 6) is -3.14. The highest BCUT2D eigenvalue weighted by Crippen LogP contribution is 2.61. The van der Waals surface area contributed by atoms with E-state index in [0.29, 0.717) is 6.54 Å². The van der Waals surface area contributed by atoms with Crippen LogP contribution >= 0.6 is 0 Å². The van der Waals surface area contributed by atoms with Crippen LogP contribution in [0.2, 0.25) is 0 Å². The predicted molar refractivity (Wildman–Crippen MR) is 115 cm³/mol. The Morgan fingerprint density at radius 1 is 1.06 bits per heavy atom. The number of hydrogen-bond acceptors (Lipinski definition) is 5. The molecule has 0 bridgehead atoms. The lowest BCUT2D eigenvalue weighted by atomic mass is 9.72. The molecule has 0 radical (unpaired) electrons. The lowest BCUT2D eigenvalue weighted by molar-refractivity contribution is -0.239. The molecule has 2 heterocycles. The van der Waals surface area contributed by atoms with Crippen LogP contribution in [0, 0.1) is 5.41 Å². The molecule has 31 heavy (non-hydrogen) atoms. The minimum absolute atomic E-state index is 0.0230. The molecular formula is C25H29NO5. The summed E-state index contributed by atoms with van der Waals surface area (Å²) in [6.07, 6.45) is 1.65. The second-order valence-electron chi connectivity index (χ2n) is 8.33. The Kier molecular flexibility index (Phi) is 5.62. The minimum Gasteiger partial charge on any atom is -0.465 e. The molecule has 6 heteroatoms. The number of hydrogen-bond donors (Lipinski definition) is 1. The van der Waals surface area contributed by atoms with E-state index in [9.17, 15) is 14.7 Å². The molecule has 0 saturated carbocycles. The first kappa shape index (κ1) is 21.5. The van der Waals surface area contributed by atoms with Crippen molar-refractivity contribution in [2.24, 2.45) is 5.41 Å². The maximum atomic E-state index is 13.7. The molecule has 2 saturated heterocycles. The van der Waals surface area contributed by atoms with Gasteiger partial charge in [-0.05, 0) is 24.5 Å². The van der Waals surface area contributed by atoms with Gasteiger partial charge in [-0.3, -0.25) is 9.59 Å². The van der Waals surface area contributed by atoms with Crippen LogP contribution in [0.1, 0.15) is 44.2 Å². The lowest BCUT2D eigenvalue weighted by Gasteiger charge is -2.33. The van der Waals surface area contributed by atoms with E-state index in [0.717, 1.165) is 24.0 Å². The van der Waals surface area contributed by atoms with E-state index in [1.807, 2.05) is 67.6 Å².